The molecule has 1 unspecified atom stereocenters. The van der Waals surface area contributed by atoms with Gasteiger partial charge in [-0.1, -0.05) is 24.3 Å². The fourth-order valence-electron chi connectivity index (χ4n) is 2.01. The molecule has 6 heteroatoms. The summed E-state index contributed by atoms with van der Waals surface area (Å²) in [5.41, 5.74) is 2.03. The van der Waals surface area contributed by atoms with Crippen LogP contribution in [0, 0.1) is 0 Å². The fourth-order valence-corrected chi connectivity index (χ4v) is 2.01. The molecule has 0 fully saturated rings. The SMILES string of the molecule is COCc1cccc(CNC(=O)NCC(O)c2ccco2)c1. The van der Waals surface area contributed by atoms with Crippen LogP contribution >= 0.6 is 0 Å². The molecule has 1 aromatic carbocycles. The van der Waals surface area contributed by atoms with E-state index < -0.39 is 6.10 Å². The molecule has 1 aromatic heterocycles. The zero-order valence-corrected chi connectivity index (χ0v) is 12.4. The van der Waals surface area contributed by atoms with Crippen LogP contribution in [0.5, 0.6) is 0 Å². The summed E-state index contributed by atoms with van der Waals surface area (Å²) >= 11 is 0. The molecule has 2 aromatic rings. The molecule has 118 valence electrons. The van der Waals surface area contributed by atoms with Crippen LogP contribution in [0.4, 0.5) is 4.79 Å². The lowest BCUT2D eigenvalue weighted by Gasteiger charge is -2.11. The number of aliphatic hydroxyl groups excluding tert-OH is 1. The molecule has 0 aliphatic rings. The van der Waals surface area contributed by atoms with Gasteiger partial charge < -0.3 is 24.9 Å². The molecule has 0 saturated carbocycles. The molecule has 1 heterocycles. The average Bonchev–Trinajstić information content (AvgIpc) is 3.06. The second-order valence-electron chi connectivity index (χ2n) is 4.85. The van der Waals surface area contributed by atoms with Crippen molar-refractivity contribution in [1.29, 1.82) is 0 Å². The van der Waals surface area contributed by atoms with Crippen molar-refractivity contribution in [2.75, 3.05) is 13.7 Å². The van der Waals surface area contributed by atoms with Gasteiger partial charge in [0.05, 0.1) is 19.4 Å². The first-order chi connectivity index (χ1) is 10.7. The number of rotatable bonds is 7. The molecule has 0 bridgehead atoms. The molecule has 22 heavy (non-hydrogen) atoms. The number of furan rings is 1. The predicted octanol–water partition coefficient (Wildman–Crippen LogP) is 1.96. The molecular weight excluding hydrogens is 284 g/mol. The first kappa shape index (κ1) is 16.1. The zero-order valence-electron chi connectivity index (χ0n) is 12.4. The fraction of sp³-hybridized carbons (Fsp3) is 0.312. The second-order valence-corrected chi connectivity index (χ2v) is 4.85. The molecule has 0 aliphatic carbocycles. The van der Waals surface area contributed by atoms with E-state index in [1.54, 1.807) is 19.2 Å². The minimum absolute atomic E-state index is 0.0864. The highest BCUT2D eigenvalue weighted by molar-refractivity contribution is 5.73. The Morgan fingerprint density at radius 2 is 2.09 bits per heavy atom. The van der Waals surface area contributed by atoms with Gasteiger partial charge in [0.2, 0.25) is 0 Å². The zero-order chi connectivity index (χ0) is 15.8. The highest BCUT2D eigenvalue weighted by Gasteiger charge is 2.11. The number of hydrogen-bond acceptors (Lipinski definition) is 4. The highest BCUT2D eigenvalue weighted by atomic mass is 16.5. The Morgan fingerprint density at radius 3 is 2.82 bits per heavy atom. The van der Waals surface area contributed by atoms with Gasteiger partial charge in [-0.15, -0.1) is 0 Å². The Morgan fingerprint density at radius 1 is 1.27 bits per heavy atom. The van der Waals surface area contributed by atoms with Gasteiger partial charge in [-0.3, -0.25) is 0 Å². The van der Waals surface area contributed by atoms with Gasteiger partial charge in [0.15, 0.2) is 0 Å². The maximum absolute atomic E-state index is 11.7. The first-order valence-corrected chi connectivity index (χ1v) is 6.99. The number of aliphatic hydroxyl groups is 1. The third-order valence-corrected chi connectivity index (χ3v) is 3.08. The largest absolute Gasteiger partial charge is 0.467 e. The number of ether oxygens (including phenoxy) is 1. The van der Waals surface area contributed by atoms with E-state index in [9.17, 15) is 9.90 Å². The van der Waals surface area contributed by atoms with Crippen molar-refractivity contribution in [3.05, 3.63) is 59.5 Å². The van der Waals surface area contributed by atoms with E-state index in [1.807, 2.05) is 24.3 Å². The van der Waals surface area contributed by atoms with Gasteiger partial charge in [0, 0.05) is 13.7 Å². The molecule has 0 aliphatic heterocycles. The summed E-state index contributed by atoms with van der Waals surface area (Å²) in [5.74, 6) is 0.424. The van der Waals surface area contributed by atoms with Crippen LogP contribution in [0.2, 0.25) is 0 Å². The first-order valence-electron chi connectivity index (χ1n) is 6.99. The third-order valence-electron chi connectivity index (χ3n) is 3.08. The lowest BCUT2D eigenvalue weighted by atomic mass is 10.1. The Balaban J connectivity index is 1.74. The summed E-state index contributed by atoms with van der Waals surface area (Å²) in [6.45, 7) is 1.03. The van der Waals surface area contributed by atoms with Crippen molar-refractivity contribution < 1.29 is 19.1 Å². The highest BCUT2D eigenvalue weighted by Crippen LogP contribution is 2.11. The Kier molecular flexibility index (Phi) is 6.00. The van der Waals surface area contributed by atoms with Gasteiger partial charge >= 0.3 is 6.03 Å². The number of methoxy groups -OCH3 is 1. The van der Waals surface area contributed by atoms with Gasteiger partial charge in [-0.25, -0.2) is 4.79 Å². The minimum Gasteiger partial charge on any atom is -0.467 e. The van der Waals surface area contributed by atoms with E-state index in [-0.39, 0.29) is 12.6 Å². The van der Waals surface area contributed by atoms with Gasteiger partial charge in [0.25, 0.3) is 0 Å². The van der Waals surface area contributed by atoms with E-state index in [0.29, 0.717) is 18.9 Å². The van der Waals surface area contributed by atoms with E-state index in [4.69, 9.17) is 9.15 Å². The van der Waals surface area contributed by atoms with Crippen LogP contribution in [0.15, 0.2) is 47.1 Å². The second kappa shape index (κ2) is 8.21. The lowest BCUT2D eigenvalue weighted by Crippen LogP contribution is -2.37. The van der Waals surface area contributed by atoms with Crippen LogP contribution in [-0.2, 0) is 17.9 Å². The van der Waals surface area contributed by atoms with Crippen molar-refractivity contribution in [3.63, 3.8) is 0 Å². The maximum Gasteiger partial charge on any atom is 0.315 e. The van der Waals surface area contributed by atoms with Crippen molar-refractivity contribution in [1.82, 2.24) is 10.6 Å². The molecule has 3 N–H and O–H groups in total. The summed E-state index contributed by atoms with van der Waals surface area (Å²) in [6.07, 6.45) is 0.622. The summed E-state index contributed by atoms with van der Waals surface area (Å²) in [5, 5.41) is 15.1. The van der Waals surface area contributed by atoms with Gasteiger partial charge in [-0.2, -0.15) is 0 Å². The number of urea groups is 1. The van der Waals surface area contributed by atoms with Crippen molar-refractivity contribution in [3.8, 4) is 0 Å². The van der Waals surface area contributed by atoms with Crippen LogP contribution < -0.4 is 10.6 Å². The number of benzene rings is 1. The summed E-state index contributed by atoms with van der Waals surface area (Å²) < 4.78 is 10.1. The molecule has 0 radical (unpaired) electrons. The van der Waals surface area contributed by atoms with E-state index >= 15 is 0 Å². The van der Waals surface area contributed by atoms with Crippen molar-refractivity contribution in [2.45, 2.75) is 19.3 Å². The number of nitrogens with one attached hydrogen (secondary N) is 2. The van der Waals surface area contributed by atoms with Crippen molar-refractivity contribution in [2.24, 2.45) is 0 Å². The molecule has 1 atom stereocenters. The maximum atomic E-state index is 11.7. The summed E-state index contributed by atoms with van der Waals surface area (Å²) in [6, 6.07) is 10.8. The smallest absolute Gasteiger partial charge is 0.315 e. The Bertz CT molecular complexity index is 584. The Hall–Kier alpha value is -2.31. The predicted molar refractivity (Wildman–Crippen MR) is 81.1 cm³/mol. The molecule has 6 nitrogen and oxygen atoms in total. The third kappa shape index (κ3) is 4.91. The number of carbonyl (C=O) groups excluding carboxylic acids is 1. The van der Waals surface area contributed by atoms with Crippen LogP contribution in [0.25, 0.3) is 0 Å². The number of amides is 2. The standard InChI is InChI=1S/C16H20N2O4/c1-21-11-13-5-2-4-12(8-13)9-17-16(20)18-10-14(19)15-6-3-7-22-15/h2-8,14,19H,9-11H2,1H3,(H2,17,18,20). The normalized spacial score (nSPS) is 11.9. The molecule has 2 rings (SSSR count). The number of carbonyl (C=O) groups is 1. The summed E-state index contributed by atoms with van der Waals surface area (Å²) in [4.78, 5) is 11.7. The Labute approximate surface area is 129 Å². The monoisotopic (exact) mass is 304 g/mol. The van der Waals surface area contributed by atoms with E-state index in [0.717, 1.165) is 11.1 Å². The average molecular weight is 304 g/mol. The molecular formula is C16H20N2O4. The number of hydrogen-bond donors (Lipinski definition) is 3. The van der Waals surface area contributed by atoms with E-state index in [2.05, 4.69) is 10.6 Å². The van der Waals surface area contributed by atoms with Gasteiger partial charge in [-0.05, 0) is 23.3 Å². The van der Waals surface area contributed by atoms with E-state index in [1.165, 1.54) is 6.26 Å². The topological polar surface area (TPSA) is 83.7 Å². The lowest BCUT2D eigenvalue weighted by molar-refractivity contribution is 0.148. The van der Waals surface area contributed by atoms with Crippen LogP contribution in [0.3, 0.4) is 0 Å². The summed E-state index contributed by atoms with van der Waals surface area (Å²) in [7, 11) is 1.64. The molecule has 0 spiro atoms. The van der Waals surface area contributed by atoms with Gasteiger partial charge in [0.1, 0.15) is 11.9 Å². The molecule has 0 saturated heterocycles. The molecule has 2 amide bonds. The minimum atomic E-state index is -0.856. The quantitative estimate of drug-likeness (QED) is 0.730. The van der Waals surface area contributed by atoms with Crippen molar-refractivity contribution >= 4 is 6.03 Å². The van der Waals surface area contributed by atoms with Crippen LogP contribution in [-0.4, -0.2) is 24.8 Å². The van der Waals surface area contributed by atoms with Crippen LogP contribution in [0.1, 0.15) is 23.0 Å².